The predicted octanol–water partition coefficient (Wildman–Crippen LogP) is 0.243. The van der Waals surface area contributed by atoms with Gasteiger partial charge in [-0.15, -0.1) is 0 Å². The zero-order valence-corrected chi connectivity index (χ0v) is 7.60. The fourth-order valence-corrected chi connectivity index (χ4v) is 1.77. The number of benzene rings is 1. The molecule has 74 valence electrons. The molecule has 0 amide bonds. The molecular formula is C10H12N2O2. The minimum Gasteiger partial charge on any atom is -0.480 e. The normalized spacial score (nSPS) is 25.5. The fraction of sp³-hybridized carbons (Fsp3) is 0.300. The van der Waals surface area contributed by atoms with Gasteiger partial charge in [-0.25, -0.2) is 0 Å². The van der Waals surface area contributed by atoms with Crippen molar-refractivity contribution in [1.29, 1.82) is 0 Å². The number of carbonyl (C=O) groups is 1. The van der Waals surface area contributed by atoms with Crippen LogP contribution in [-0.2, 0) is 11.2 Å². The Kier molecular flexibility index (Phi) is 2.23. The molecule has 2 rings (SSSR count). The first-order valence-corrected chi connectivity index (χ1v) is 4.50. The Hall–Kier alpha value is -1.39. The molecule has 0 aromatic heterocycles. The quantitative estimate of drug-likeness (QED) is 0.596. The topological polar surface area (TPSA) is 75.3 Å². The summed E-state index contributed by atoms with van der Waals surface area (Å²) in [6.07, 6.45) is 0.125. The number of rotatable bonds is 1. The Morgan fingerprint density at radius 3 is 2.93 bits per heavy atom. The third kappa shape index (κ3) is 1.49. The molecule has 0 saturated heterocycles. The summed E-state index contributed by atoms with van der Waals surface area (Å²) in [5.74, 6) is -0.852. The first-order valence-electron chi connectivity index (χ1n) is 4.50. The molecule has 0 bridgehead atoms. The molecule has 2 atom stereocenters. The zero-order valence-electron chi connectivity index (χ0n) is 7.60. The van der Waals surface area contributed by atoms with Crippen molar-refractivity contribution in [1.82, 2.24) is 5.32 Å². The van der Waals surface area contributed by atoms with E-state index in [4.69, 9.17) is 10.8 Å². The van der Waals surface area contributed by atoms with Crippen LogP contribution in [0.5, 0.6) is 0 Å². The molecule has 1 aliphatic heterocycles. The van der Waals surface area contributed by atoms with Gasteiger partial charge in [0.1, 0.15) is 6.04 Å². The van der Waals surface area contributed by atoms with Crippen LogP contribution in [-0.4, -0.2) is 17.1 Å². The van der Waals surface area contributed by atoms with Gasteiger partial charge >= 0.3 is 5.97 Å². The lowest BCUT2D eigenvalue weighted by Crippen LogP contribution is -2.47. The first-order chi connectivity index (χ1) is 6.68. The molecule has 1 aromatic rings. The number of hydrogen-bond acceptors (Lipinski definition) is 3. The highest BCUT2D eigenvalue weighted by atomic mass is 16.4. The highest BCUT2D eigenvalue weighted by Gasteiger charge is 2.27. The van der Waals surface area contributed by atoms with Crippen LogP contribution in [0.4, 0.5) is 0 Å². The van der Waals surface area contributed by atoms with E-state index in [1.165, 1.54) is 0 Å². The Labute approximate surface area is 81.7 Å². The van der Waals surface area contributed by atoms with Gasteiger partial charge in [0.05, 0.1) is 6.17 Å². The van der Waals surface area contributed by atoms with Crippen LogP contribution in [0, 0.1) is 0 Å². The Balaban J connectivity index is 2.33. The maximum Gasteiger partial charge on any atom is 0.321 e. The van der Waals surface area contributed by atoms with Crippen LogP contribution in [0.1, 0.15) is 17.3 Å². The number of fused-ring (bicyclic) bond motifs is 1. The highest BCUT2D eigenvalue weighted by Crippen LogP contribution is 2.21. The van der Waals surface area contributed by atoms with Crippen molar-refractivity contribution >= 4 is 5.97 Å². The summed E-state index contributed by atoms with van der Waals surface area (Å²) in [7, 11) is 0. The molecule has 1 aliphatic rings. The highest BCUT2D eigenvalue weighted by molar-refractivity contribution is 5.74. The van der Waals surface area contributed by atoms with E-state index in [2.05, 4.69) is 5.32 Å². The van der Waals surface area contributed by atoms with Crippen LogP contribution >= 0.6 is 0 Å². The molecule has 1 aromatic carbocycles. The van der Waals surface area contributed by atoms with Gasteiger partial charge < -0.3 is 10.8 Å². The predicted molar refractivity (Wildman–Crippen MR) is 51.6 cm³/mol. The lowest BCUT2D eigenvalue weighted by molar-refractivity contribution is -0.139. The second-order valence-corrected chi connectivity index (χ2v) is 3.44. The maximum absolute atomic E-state index is 10.8. The molecule has 4 nitrogen and oxygen atoms in total. The molecule has 0 saturated carbocycles. The largest absolute Gasteiger partial charge is 0.480 e. The molecule has 4 N–H and O–H groups in total. The maximum atomic E-state index is 10.8. The third-order valence-electron chi connectivity index (χ3n) is 2.49. The number of carboxylic acids is 1. The molecule has 0 aliphatic carbocycles. The Morgan fingerprint density at radius 2 is 2.21 bits per heavy atom. The second kappa shape index (κ2) is 3.40. The van der Waals surface area contributed by atoms with E-state index in [1.54, 1.807) is 0 Å². The van der Waals surface area contributed by atoms with E-state index in [-0.39, 0.29) is 6.17 Å². The van der Waals surface area contributed by atoms with Gasteiger partial charge in [0.25, 0.3) is 0 Å². The van der Waals surface area contributed by atoms with E-state index < -0.39 is 12.0 Å². The summed E-state index contributed by atoms with van der Waals surface area (Å²) in [4.78, 5) is 10.8. The van der Waals surface area contributed by atoms with Crippen LogP contribution in [0.25, 0.3) is 0 Å². The van der Waals surface area contributed by atoms with Gasteiger partial charge in [-0.1, -0.05) is 24.3 Å². The van der Waals surface area contributed by atoms with E-state index >= 15 is 0 Å². The van der Waals surface area contributed by atoms with Crippen molar-refractivity contribution in [3.8, 4) is 0 Å². The monoisotopic (exact) mass is 192 g/mol. The van der Waals surface area contributed by atoms with Crippen LogP contribution < -0.4 is 11.1 Å². The number of nitrogens with two attached hydrogens (primary N) is 1. The molecule has 4 heteroatoms. The van der Waals surface area contributed by atoms with Crippen LogP contribution in [0.15, 0.2) is 24.3 Å². The SMILES string of the molecule is NC1NC(C(=O)O)Cc2ccccc21. The van der Waals surface area contributed by atoms with Crippen molar-refractivity contribution in [2.24, 2.45) is 5.73 Å². The summed E-state index contributed by atoms with van der Waals surface area (Å²) in [6, 6.07) is 7.08. The minimum absolute atomic E-state index is 0.374. The first kappa shape index (κ1) is 9.18. The number of aliphatic carboxylic acids is 1. The molecular weight excluding hydrogens is 180 g/mol. The summed E-state index contributed by atoms with van der Waals surface area (Å²) in [5, 5.41) is 11.7. The number of nitrogens with one attached hydrogen (secondary N) is 1. The van der Waals surface area contributed by atoms with Gasteiger partial charge in [0.15, 0.2) is 0 Å². The Bertz CT molecular complexity index is 365. The summed E-state index contributed by atoms with van der Waals surface area (Å²) in [5.41, 5.74) is 7.81. The van der Waals surface area contributed by atoms with Crippen molar-refractivity contribution in [2.45, 2.75) is 18.6 Å². The van der Waals surface area contributed by atoms with Gasteiger partial charge in [-0.05, 0) is 17.5 Å². The third-order valence-corrected chi connectivity index (χ3v) is 2.49. The van der Waals surface area contributed by atoms with E-state index in [0.29, 0.717) is 6.42 Å². The van der Waals surface area contributed by atoms with Gasteiger partial charge in [-0.3, -0.25) is 10.1 Å². The van der Waals surface area contributed by atoms with E-state index in [9.17, 15) is 4.79 Å². The van der Waals surface area contributed by atoms with E-state index in [0.717, 1.165) is 11.1 Å². The van der Waals surface area contributed by atoms with Gasteiger partial charge in [0, 0.05) is 0 Å². The molecule has 14 heavy (non-hydrogen) atoms. The van der Waals surface area contributed by atoms with Crippen molar-refractivity contribution < 1.29 is 9.90 Å². The standard InChI is InChI=1S/C10H12N2O2/c11-9-7-4-2-1-3-6(7)5-8(12-9)10(13)14/h1-4,8-9,12H,5,11H2,(H,13,14). The summed E-state index contributed by atoms with van der Waals surface area (Å²) in [6.45, 7) is 0. The smallest absolute Gasteiger partial charge is 0.321 e. The number of hydrogen-bond donors (Lipinski definition) is 3. The van der Waals surface area contributed by atoms with Crippen LogP contribution in [0.3, 0.4) is 0 Å². The molecule has 0 fully saturated rings. The van der Waals surface area contributed by atoms with Crippen molar-refractivity contribution in [3.63, 3.8) is 0 Å². The molecule has 0 radical (unpaired) electrons. The second-order valence-electron chi connectivity index (χ2n) is 3.44. The molecule has 1 heterocycles. The molecule has 0 spiro atoms. The van der Waals surface area contributed by atoms with Crippen molar-refractivity contribution in [2.75, 3.05) is 0 Å². The average Bonchev–Trinajstić information content (AvgIpc) is 2.17. The fourth-order valence-electron chi connectivity index (χ4n) is 1.77. The van der Waals surface area contributed by atoms with Crippen molar-refractivity contribution in [3.05, 3.63) is 35.4 Å². The zero-order chi connectivity index (χ0) is 10.1. The van der Waals surface area contributed by atoms with Gasteiger partial charge in [-0.2, -0.15) is 0 Å². The lowest BCUT2D eigenvalue weighted by Gasteiger charge is -2.28. The Morgan fingerprint density at radius 1 is 1.50 bits per heavy atom. The average molecular weight is 192 g/mol. The number of carboxylic acid groups (broad SMARTS) is 1. The van der Waals surface area contributed by atoms with Crippen LogP contribution in [0.2, 0.25) is 0 Å². The van der Waals surface area contributed by atoms with Gasteiger partial charge in [0.2, 0.25) is 0 Å². The van der Waals surface area contributed by atoms with E-state index in [1.807, 2.05) is 24.3 Å². The summed E-state index contributed by atoms with van der Waals surface area (Å²) < 4.78 is 0. The summed E-state index contributed by atoms with van der Waals surface area (Å²) >= 11 is 0. The molecule has 2 unspecified atom stereocenters. The minimum atomic E-state index is -0.852. The lowest BCUT2D eigenvalue weighted by atomic mass is 9.94.